The number of nitrogens with one attached hydrogen (secondary N) is 1. The molecule has 0 aromatic heterocycles. The summed E-state index contributed by atoms with van der Waals surface area (Å²) in [5.74, 6) is -1.67. The van der Waals surface area contributed by atoms with Crippen molar-refractivity contribution in [3.63, 3.8) is 0 Å². The van der Waals surface area contributed by atoms with Crippen LogP contribution in [0.4, 0.5) is 10.1 Å². The van der Waals surface area contributed by atoms with Crippen LogP contribution in [0.15, 0.2) is 47.4 Å². The molecule has 0 saturated carbocycles. The summed E-state index contributed by atoms with van der Waals surface area (Å²) in [6.07, 6.45) is 1.52. The standard InChI is InChI=1S/C16H15ClFNO4S/c17-9-1-2-11-3-6-13(7-4-11)24(22,23)19-15-8-5-12(18)10-14(15)16(20)21/h3-8,10,19H,1-2,9H2,(H,20,21). The third-order valence-corrected chi connectivity index (χ3v) is 4.94. The fourth-order valence-electron chi connectivity index (χ4n) is 2.09. The van der Waals surface area contributed by atoms with E-state index in [9.17, 15) is 17.6 Å². The van der Waals surface area contributed by atoms with Crippen LogP contribution >= 0.6 is 11.6 Å². The number of carboxylic acid groups (broad SMARTS) is 1. The fraction of sp³-hybridized carbons (Fsp3) is 0.188. The van der Waals surface area contributed by atoms with E-state index in [1.807, 2.05) is 0 Å². The molecule has 5 nitrogen and oxygen atoms in total. The van der Waals surface area contributed by atoms with Crippen LogP contribution in [0, 0.1) is 5.82 Å². The molecule has 0 spiro atoms. The maximum Gasteiger partial charge on any atom is 0.337 e. The fourth-order valence-corrected chi connectivity index (χ4v) is 3.31. The molecule has 24 heavy (non-hydrogen) atoms. The van der Waals surface area contributed by atoms with Crippen LogP contribution < -0.4 is 4.72 Å². The molecule has 2 aromatic carbocycles. The number of rotatable bonds is 7. The number of hydrogen-bond acceptors (Lipinski definition) is 3. The molecular weight excluding hydrogens is 357 g/mol. The first-order valence-electron chi connectivity index (χ1n) is 7.04. The van der Waals surface area contributed by atoms with Crippen molar-refractivity contribution in [1.82, 2.24) is 0 Å². The Morgan fingerprint density at radius 1 is 1.17 bits per heavy atom. The van der Waals surface area contributed by atoms with Crippen molar-refractivity contribution in [2.45, 2.75) is 17.7 Å². The highest BCUT2D eigenvalue weighted by molar-refractivity contribution is 7.92. The monoisotopic (exact) mass is 371 g/mol. The van der Waals surface area contributed by atoms with E-state index in [4.69, 9.17) is 16.7 Å². The van der Waals surface area contributed by atoms with Crippen molar-refractivity contribution in [1.29, 1.82) is 0 Å². The lowest BCUT2D eigenvalue weighted by molar-refractivity contribution is 0.0697. The summed E-state index contributed by atoms with van der Waals surface area (Å²) < 4.78 is 40.1. The SMILES string of the molecule is O=C(O)c1cc(F)ccc1NS(=O)(=O)c1ccc(CCCCl)cc1. The predicted octanol–water partition coefficient (Wildman–Crippen LogP) is 3.50. The lowest BCUT2D eigenvalue weighted by atomic mass is 10.1. The highest BCUT2D eigenvalue weighted by Crippen LogP contribution is 2.22. The van der Waals surface area contributed by atoms with E-state index < -0.39 is 27.4 Å². The predicted molar refractivity (Wildman–Crippen MR) is 89.7 cm³/mol. The summed E-state index contributed by atoms with van der Waals surface area (Å²) >= 11 is 5.62. The Balaban J connectivity index is 2.27. The first-order valence-corrected chi connectivity index (χ1v) is 9.06. The van der Waals surface area contributed by atoms with Crippen LogP contribution in [0.1, 0.15) is 22.3 Å². The average Bonchev–Trinajstić information content (AvgIpc) is 2.54. The normalized spacial score (nSPS) is 11.2. The highest BCUT2D eigenvalue weighted by atomic mass is 35.5. The van der Waals surface area contributed by atoms with Gasteiger partial charge in [-0.05, 0) is 48.7 Å². The van der Waals surface area contributed by atoms with Crippen molar-refractivity contribution in [2.75, 3.05) is 10.6 Å². The zero-order valence-electron chi connectivity index (χ0n) is 12.5. The molecular formula is C16H15ClFNO4S. The Morgan fingerprint density at radius 3 is 2.42 bits per heavy atom. The number of benzene rings is 2. The molecule has 0 fully saturated rings. The van der Waals surface area contributed by atoms with Crippen molar-refractivity contribution in [3.05, 3.63) is 59.4 Å². The van der Waals surface area contributed by atoms with Gasteiger partial charge in [0.15, 0.2) is 0 Å². The van der Waals surface area contributed by atoms with E-state index in [1.54, 1.807) is 12.1 Å². The van der Waals surface area contributed by atoms with E-state index in [0.717, 1.165) is 36.6 Å². The van der Waals surface area contributed by atoms with Crippen LogP contribution in [-0.4, -0.2) is 25.4 Å². The zero-order chi connectivity index (χ0) is 17.7. The minimum absolute atomic E-state index is 0.0159. The van der Waals surface area contributed by atoms with Gasteiger partial charge in [0, 0.05) is 5.88 Å². The van der Waals surface area contributed by atoms with Crippen molar-refractivity contribution < 1.29 is 22.7 Å². The average molecular weight is 372 g/mol. The molecule has 2 aromatic rings. The van der Waals surface area contributed by atoms with Gasteiger partial charge >= 0.3 is 5.97 Å². The van der Waals surface area contributed by atoms with Crippen LogP contribution in [0.2, 0.25) is 0 Å². The van der Waals surface area contributed by atoms with Gasteiger partial charge in [-0.3, -0.25) is 4.72 Å². The number of sulfonamides is 1. The van der Waals surface area contributed by atoms with Gasteiger partial charge < -0.3 is 5.11 Å². The maximum atomic E-state index is 13.2. The number of carboxylic acids is 1. The second-order valence-corrected chi connectivity index (χ2v) is 7.10. The van der Waals surface area contributed by atoms with Crippen LogP contribution in [0.25, 0.3) is 0 Å². The first-order chi connectivity index (χ1) is 11.3. The number of aromatic carboxylic acids is 1. The Morgan fingerprint density at radius 2 is 1.83 bits per heavy atom. The van der Waals surface area contributed by atoms with Crippen molar-refractivity contribution in [2.24, 2.45) is 0 Å². The molecule has 0 bridgehead atoms. The third-order valence-electron chi connectivity index (χ3n) is 3.29. The van der Waals surface area contributed by atoms with Crippen LogP contribution in [0.3, 0.4) is 0 Å². The molecule has 0 saturated heterocycles. The number of carbonyl (C=O) groups is 1. The summed E-state index contributed by atoms with van der Waals surface area (Å²) in [4.78, 5) is 11.1. The van der Waals surface area contributed by atoms with Gasteiger partial charge in [-0.1, -0.05) is 12.1 Å². The topological polar surface area (TPSA) is 83.5 Å². The van der Waals surface area contributed by atoms with Gasteiger partial charge in [0.25, 0.3) is 10.0 Å². The van der Waals surface area contributed by atoms with Crippen molar-refractivity contribution in [3.8, 4) is 0 Å². The van der Waals surface area contributed by atoms with E-state index in [0.29, 0.717) is 5.88 Å². The molecule has 2 rings (SSSR count). The maximum absolute atomic E-state index is 13.2. The molecule has 0 aliphatic rings. The van der Waals surface area contributed by atoms with Gasteiger partial charge in [-0.25, -0.2) is 17.6 Å². The number of hydrogen-bond donors (Lipinski definition) is 2. The molecule has 0 atom stereocenters. The smallest absolute Gasteiger partial charge is 0.337 e. The van der Waals surface area contributed by atoms with Gasteiger partial charge in [0.05, 0.1) is 16.1 Å². The molecule has 0 amide bonds. The minimum Gasteiger partial charge on any atom is -0.478 e. The van der Waals surface area contributed by atoms with Gasteiger partial charge in [-0.15, -0.1) is 11.6 Å². The number of aryl methyl sites for hydroxylation is 1. The van der Waals surface area contributed by atoms with E-state index in [2.05, 4.69) is 4.72 Å². The molecule has 0 heterocycles. The minimum atomic E-state index is -3.98. The highest BCUT2D eigenvalue weighted by Gasteiger charge is 2.19. The van der Waals surface area contributed by atoms with E-state index >= 15 is 0 Å². The Kier molecular flexibility index (Phi) is 5.80. The van der Waals surface area contributed by atoms with Crippen LogP contribution in [-0.2, 0) is 16.4 Å². The van der Waals surface area contributed by atoms with E-state index in [1.165, 1.54) is 12.1 Å². The number of halogens is 2. The summed E-state index contributed by atoms with van der Waals surface area (Å²) in [7, 11) is -3.98. The number of alkyl halides is 1. The quantitative estimate of drug-likeness (QED) is 0.730. The largest absolute Gasteiger partial charge is 0.478 e. The summed E-state index contributed by atoms with van der Waals surface area (Å²) in [6, 6.07) is 9.01. The third kappa shape index (κ3) is 4.46. The van der Waals surface area contributed by atoms with Crippen LogP contribution in [0.5, 0.6) is 0 Å². The summed E-state index contributed by atoms with van der Waals surface area (Å²) in [5.41, 5.74) is 0.287. The molecule has 2 N–H and O–H groups in total. The van der Waals surface area contributed by atoms with Gasteiger partial charge in [-0.2, -0.15) is 0 Å². The molecule has 8 heteroatoms. The zero-order valence-corrected chi connectivity index (χ0v) is 14.1. The molecule has 128 valence electrons. The second kappa shape index (κ2) is 7.63. The molecule has 0 radical (unpaired) electrons. The second-order valence-electron chi connectivity index (χ2n) is 5.04. The Labute approximate surface area is 144 Å². The lowest BCUT2D eigenvalue weighted by Gasteiger charge is -2.11. The van der Waals surface area contributed by atoms with Gasteiger partial charge in [0.1, 0.15) is 5.82 Å². The molecule has 0 aliphatic heterocycles. The molecule has 0 unspecified atom stereocenters. The number of anilines is 1. The molecule has 0 aliphatic carbocycles. The van der Waals surface area contributed by atoms with Crippen molar-refractivity contribution >= 4 is 33.3 Å². The first kappa shape index (κ1) is 18.2. The van der Waals surface area contributed by atoms with E-state index in [-0.39, 0.29) is 10.6 Å². The summed E-state index contributed by atoms with van der Waals surface area (Å²) in [5, 5.41) is 9.06. The van der Waals surface area contributed by atoms with Gasteiger partial charge in [0.2, 0.25) is 0 Å². The Hall–Kier alpha value is -2.12. The summed E-state index contributed by atoms with van der Waals surface area (Å²) in [6.45, 7) is 0. The lowest BCUT2D eigenvalue weighted by Crippen LogP contribution is -2.15. The Bertz CT molecular complexity index is 838.